The highest BCUT2D eigenvalue weighted by Crippen LogP contribution is 2.42. The molecule has 2 nitrogen and oxygen atoms in total. The maximum absolute atomic E-state index is 3.89. The van der Waals surface area contributed by atoms with Gasteiger partial charge in [0, 0.05) is 31.2 Å². The summed E-state index contributed by atoms with van der Waals surface area (Å²) in [5.74, 6) is 2.88. The summed E-state index contributed by atoms with van der Waals surface area (Å²) in [7, 11) is 0. The molecule has 1 aliphatic heterocycles. The van der Waals surface area contributed by atoms with Gasteiger partial charge in [0.05, 0.1) is 0 Å². The predicted molar refractivity (Wildman–Crippen MR) is 85.9 cm³/mol. The molecule has 1 saturated heterocycles. The molecule has 0 radical (unpaired) electrons. The average Bonchev–Trinajstić information content (AvgIpc) is 3.24. The van der Waals surface area contributed by atoms with Gasteiger partial charge in [-0.25, -0.2) is 0 Å². The molecule has 4 atom stereocenters. The topological polar surface area (TPSA) is 15.3 Å². The van der Waals surface area contributed by atoms with Crippen LogP contribution in [0.1, 0.15) is 65.7 Å². The zero-order valence-electron chi connectivity index (χ0n) is 13.8. The molecule has 3 aliphatic rings. The van der Waals surface area contributed by atoms with Gasteiger partial charge in [-0.2, -0.15) is 0 Å². The van der Waals surface area contributed by atoms with E-state index in [0.717, 1.165) is 23.8 Å². The Morgan fingerprint density at radius 2 is 2.00 bits per heavy atom. The first-order valence-electron chi connectivity index (χ1n) is 9.10. The highest BCUT2D eigenvalue weighted by atomic mass is 15.3. The highest BCUT2D eigenvalue weighted by Gasteiger charge is 2.45. The largest absolute Gasteiger partial charge is 0.308 e. The van der Waals surface area contributed by atoms with Crippen LogP contribution in [-0.2, 0) is 0 Å². The molecule has 20 heavy (non-hydrogen) atoms. The monoisotopic (exact) mass is 278 g/mol. The minimum atomic E-state index is 0.409. The Balaban J connectivity index is 1.61. The smallest absolute Gasteiger partial charge is 0.0309 e. The third kappa shape index (κ3) is 3.22. The zero-order valence-corrected chi connectivity index (χ0v) is 13.8. The summed E-state index contributed by atoms with van der Waals surface area (Å²) in [5.41, 5.74) is 0.409. The van der Waals surface area contributed by atoms with Crippen molar-refractivity contribution in [3.63, 3.8) is 0 Å². The molecule has 1 heterocycles. The van der Waals surface area contributed by atoms with Crippen molar-refractivity contribution in [3.8, 4) is 0 Å². The van der Waals surface area contributed by atoms with Gasteiger partial charge in [-0.05, 0) is 56.8 Å². The van der Waals surface area contributed by atoms with Gasteiger partial charge < -0.3 is 5.32 Å². The Kier molecular flexibility index (Phi) is 4.42. The lowest BCUT2D eigenvalue weighted by Gasteiger charge is -2.48. The van der Waals surface area contributed by atoms with Crippen LogP contribution in [0.15, 0.2) is 0 Å². The number of rotatable bonds is 4. The lowest BCUT2D eigenvalue weighted by Crippen LogP contribution is -2.64. The van der Waals surface area contributed by atoms with Crippen LogP contribution >= 0.6 is 0 Å². The molecule has 1 N–H and O–H groups in total. The Bertz CT molecular complexity index is 325. The third-order valence-electron chi connectivity index (χ3n) is 6.28. The van der Waals surface area contributed by atoms with Crippen LogP contribution in [0, 0.1) is 17.8 Å². The van der Waals surface area contributed by atoms with E-state index < -0.39 is 0 Å². The van der Waals surface area contributed by atoms with Gasteiger partial charge in [0.2, 0.25) is 0 Å². The molecule has 0 aromatic carbocycles. The summed E-state index contributed by atoms with van der Waals surface area (Å²) in [5, 5.41) is 3.89. The predicted octanol–water partition coefficient (Wildman–Crippen LogP) is 3.67. The Labute approximate surface area is 125 Å². The molecule has 0 aromatic heterocycles. The van der Waals surface area contributed by atoms with Crippen LogP contribution in [0.5, 0.6) is 0 Å². The lowest BCUT2D eigenvalue weighted by molar-refractivity contribution is 0.0500. The van der Waals surface area contributed by atoms with Crippen molar-refractivity contribution in [1.82, 2.24) is 10.2 Å². The molecule has 2 heteroatoms. The zero-order chi connectivity index (χ0) is 14.2. The van der Waals surface area contributed by atoms with E-state index in [0.29, 0.717) is 5.54 Å². The van der Waals surface area contributed by atoms with Crippen LogP contribution in [0.3, 0.4) is 0 Å². The number of hydrogen-bond donors (Lipinski definition) is 1. The fourth-order valence-electron chi connectivity index (χ4n) is 4.75. The molecule has 0 bridgehead atoms. The fraction of sp³-hybridized carbons (Fsp3) is 1.00. The van der Waals surface area contributed by atoms with Crippen molar-refractivity contribution in [2.45, 2.75) is 77.3 Å². The quantitative estimate of drug-likeness (QED) is 0.844. The minimum absolute atomic E-state index is 0.409. The Hall–Kier alpha value is -0.0800. The second-order valence-corrected chi connectivity index (χ2v) is 8.20. The van der Waals surface area contributed by atoms with Crippen molar-refractivity contribution < 1.29 is 0 Å². The first-order chi connectivity index (χ1) is 9.60. The number of piperazine rings is 1. The van der Waals surface area contributed by atoms with Gasteiger partial charge >= 0.3 is 0 Å². The van der Waals surface area contributed by atoms with E-state index in [1.54, 1.807) is 0 Å². The summed E-state index contributed by atoms with van der Waals surface area (Å²) in [6.07, 6.45) is 10.1. The van der Waals surface area contributed by atoms with Crippen LogP contribution in [0.2, 0.25) is 0 Å². The van der Waals surface area contributed by atoms with Crippen LogP contribution in [0.25, 0.3) is 0 Å². The Morgan fingerprint density at radius 1 is 1.20 bits per heavy atom. The minimum Gasteiger partial charge on any atom is -0.308 e. The molecular weight excluding hydrogens is 244 g/mol. The molecule has 0 spiro atoms. The second kappa shape index (κ2) is 5.96. The van der Waals surface area contributed by atoms with E-state index in [1.807, 2.05) is 0 Å². The highest BCUT2D eigenvalue weighted by molar-refractivity contribution is 5.04. The summed E-state index contributed by atoms with van der Waals surface area (Å²) in [4.78, 5) is 2.86. The maximum Gasteiger partial charge on any atom is 0.0309 e. The van der Waals surface area contributed by atoms with E-state index in [9.17, 15) is 0 Å². The molecule has 4 unspecified atom stereocenters. The average molecular weight is 278 g/mol. The van der Waals surface area contributed by atoms with Crippen LogP contribution in [0.4, 0.5) is 0 Å². The third-order valence-corrected chi connectivity index (χ3v) is 6.28. The van der Waals surface area contributed by atoms with Gasteiger partial charge in [0.25, 0.3) is 0 Å². The molecule has 2 aliphatic carbocycles. The van der Waals surface area contributed by atoms with Crippen molar-refractivity contribution in [2.75, 3.05) is 19.6 Å². The number of nitrogens with zero attached hydrogens (tertiary/aromatic N) is 1. The van der Waals surface area contributed by atoms with Crippen LogP contribution < -0.4 is 5.32 Å². The number of nitrogens with one attached hydrogen (secondary N) is 1. The molecule has 2 saturated carbocycles. The van der Waals surface area contributed by atoms with Gasteiger partial charge in [-0.3, -0.25) is 4.90 Å². The molecule has 3 fully saturated rings. The van der Waals surface area contributed by atoms with Gasteiger partial charge in [-0.1, -0.05) is 26.7 Å². The molecule has 116 valence electrons. The van der Waals surface area contributed by atoms with Crippen molar-refractivity contribution >= 4 is 0 Å². The van der Waals surface area contributed by atoms with E-state index >= 15 is 0 Å². The fourth-order valence-corrected chi connectivity index (χ4v) is 4.75. The van der Waals surface area contributed by atoms with E-state index in [4.69, 9.17) is 0 Å². The normalized spacial score (nSPS) is 43.6. The molecular formula is C18H34N2. The van der Waals surface area contributed by atoms with E-state index in [-0.39, 0.29) is 0 Å². The SMILES string of the molecule is CCC1CNC(C)(C2CC2)CN1CC1CCCC(C)C1. The summed E-state index contributed by atoms with van der Waals surface area (Å²) in [6.45, 7) is 11.2. The summed E-state index contributed by atoms with van der Waals surface area (Å²) in [6, 6.07) is 0.777. The van der Waals surface area contributed by atoms with Gasteiger partial charge in [0.15, 0.2) is 0 Å². The van der Waals surface area contributed by atoms with Gasteiger partial charge in [0.1, 0.15) is 0 Å². The van der Waals surface area contributed by atoms with Gasteiger partial charge in [-0.15, -0.1) is 0 Å². The Morgan fingerprint density at radius 3 is 2.65 bits per heavy atom. The molecule has 3 rings (SSSR count). The number of hydrogen-bond acceptors (Lipinski definition) is 2. The first kappa shape index (κ1) is 14.8. The molecule has 0 amide bonds. The van der Waals surface area contributed by atoms with Crippen LogP contribution in [-0.4, -0.2) is 36.1 Å². The van der Waals surface area contributed by atoms with E-state index in [1.165, 1.54) is 64.6 Å². The van der Waals surface area contributed by atoms with Crippen molar-refractivity contribution in [1.29, 1.82) is 0 Å². The second-order valence-electron chi connectivity index (χ2n) is 8.20. The summed E-state index contributed by atoms with van der Waals surface area (Å²) >= 11 is 0. The van der Waals surface area contributed by atoms with Crippen molar-refractivity contribution in [2.24, 2.45) is 17.8 Å². The standard InChI is InChI=1S/C18H34N2/c1-4-17-11-19-18(3,16-8-9-16)13-20(17)12-15-7-5-6-14(2)10-15/h14-17,19H,4-13H2,1-3H3. The summed E-state index contributed by atoms with van der Waals surface area (Å²) < 4.78 is 0. The lowest BCUT2D eigenvalue weighted by atomic mass is 9.81. The first-order valence-corrected chi connectivity index (χ1v) is 9.10. The van der Waals surface area contributed by atoms with Crippen molar-refractivity contribution in [3.05, 3.63) is 0 Å². The maximum atomic E-state index is 3.89. The van der Waals surface area contributed by atoms with E-state index in [2.05, 4.69) is 31.0 Å². The molecule has 0 aromatic rings.